The second-order valence-corrected chi connectivity index (χ2v) is 12.5. The van der Waals surface area contributed by atoms with Gasteiger partial charge >= 0.3 is 0 Å². The van der Waals surface area contributed by atoms with Crippen molar-refractivity contribution in [2.24, 2.45) is 0 Å². The van der Waals surface area contributed by atoms with Crippen molar-refractivity contribution in [1.29, 1.82) is 0 Å². The van der Waals surface area contributed by atoms with Crippen LogP contribution in [0.1, 0.15) is 76.8 Å². The Kier molecular flexibility index (Phi) is 11.3. The fourth-order valence-corrected chi connectivity index (χ4v) is 6.50. The summed E-state index contributed by atoms with van der Waals surface area (Å²) in [6.07, 6.45) is 7.24. The maximum atomic E-state index is 14.0. The second kappa shape index (κ2) is 14.9. The number of amides is 1. The number of aromatic nitrogens is 2. The summed E-state index contributed by atoms with van der Waals surface area (Å²) < 4.78 is 8.14. The van der Waals surface area contributed by atoms with Crippen molar-refractivity contribution in [3.8, 4) is 28.3 Å². The lowest BCUT2D eigenvalue weighted by atomic mass is 9.91. The Bertz CT molecular complexity index is 1560. The van der Waals surface area contributed by atoms with E-state index < -0.39 is 0 Å². The molecule has 1 fully saturated rings. The van der Waals surface area contributed by atoms with Gasteiger partial charge in [0.2, 0.25) is 5.91 Å². The zero-order valence-corrected chi connectivity index (χ0v) is 27.5. The Labute approximate surface area is 261 Å². The minimum Gasteiger partial charge on any atom is -0.464 e. The van der Waals surface area contributed by atoms with E-state index in [4.69, 9.17) is 9.40 Å². The summed E-state index contributed by atoms with van der Waals surface area (Å²) in [4.78, 5) is 32.1. The molecular weight excluding hydrogens is 610 g/mol. The summed E-state index contributed by atoms with van der Waals surface area (Å²) in [6, 6.07) is 17.8. The molecule has 1 N–H and O–H groups in total. The SMILES string of the molecule is CC.Cc1c(-c2cc(-c3ccco3)ccc2C(C)C)nc(SCC(=O)NC2CCCCC2)n(-c2cccc(Br)c2)c1=O. The number of carbonyl (C=O) groups is 1. The third kappa shape index (κ3) is 7.45. The predicted octanol–water partition coefficient (Wildman–Crippen LogP) is 8.92. The van der Waals surface area contributed by atoms with Crippen LogP contribution < -0.4 is 10.9 Å². The number of nitrogens with one attached hydrogen (secondary N) is 1. The van der Waals surface area contributed by atoms with E-state index >= 15 is 0 Å². The van der Waals surface area contributed by atoms with Crippen LogP contribution in [0.25, 0.3) is 28.3 Å². The van der Waals surface area contributed by atoms with Crippen LogP contribution in [-0.4, -0.2) is 27.3 Å². The largest absolute Gasteiger partial charge is 0.464 e. The van der Waals surface area contributed by atoms with E-state index in [0.717, 1.165) is 52.6 Å². The zero-order chi connectivity index (χ0) is 30.2. The standard InChI is InChI=1S/C32H34BrN3O3S.C2H6/c1-20(2)26-15-14-22(28-13-8-16-39-28)17-27(26)30-21(3)31(38)36(25-12-7-9-23(33)18-25)32(35-30)40-19-29(37)34-24-10-5-4-6-11-24;1-2/h7-9,12-18,20,24H,4-6,10-11,19H2,1-3H3,(H,34,37);1-2H3. The highest BCUT2D eigenvalue weighted by atomic mass is 79.9. The average Bonchev–Trinajstić information content (AvgIpc) is 3.54. The molecule has 0 radical (unpaired) electrons. The van der Waals surface area contributed by atoms with Crippen LogP contribution in [-0.2, 0) is 4.79 Å². The molecule has 0 aliphatic heterocycles. The molecule has 0 atom stereocenters. The average molecular weight is 651 g/mol. The quantitative estimate of drug-likeness (QED) is 0.152. The summed E-state index contributed by atoms with van der Waals surface area (Å²) in [7, 11) is 0. The normalized spacial score (nSPS) is 13.5. The first kappa shape index (κ1) is 31.8. The lowest BCUT2D eigenvalue weighted by Crippen LogP contribution is -2.37. The number of thioether (sulfide) groups is 1. The first-order valence-electron chi connectivity index (χ1n) is 14.8. The van der Waals surface area contributed by atoms with Crippen molar-refractivity contribution in [2.75, 3.05) is 5.75 Å². The molecule has 1 aliphatic rings. The van der Waals surface area contributed by atoms with Crippen LogP contribution in [0.5, 0.6) is 0 Å². The first-order chi connectivity index (χ1) is 20.3. The molecule has 0 unspecified atom stereocenters. The highest BCUT2D eigenvalue weighted by Gasteiger charge is 2.22. The second-order valence-electron chi connectivity index (χ2n) is 10.6. The third-order valence-corrected chi connectivity index (χ3v) is 8.81. The number of hydrogen-bond donors (Lipinski definition) is 1. The molecule has 1 saturated carbocycles. The van der Waals surface area contributed by atoms with Gasteiger partial charge in [-0.05, 0) is 67.6 Å². The van der Waals surface area contributed by atoms with Gasteiger partial charge in [0.1, 0.15) is 5.76 Å². The molecule has 1 aliphatic carbocycles. The molecule has 222 valence electrons. The van der Waals surface area contributed by atoms with Gasteiger partial charge < -0.3 is 9.73 Å². The minimum absolute atomic E-state index is 0.0308. The molecular formula is C34H40BrN3O3S. The van der Waals surface area contributed by atoms with Gasteiger partial charge in [-0.25, -0.2) is 4.98 Å². The van der Waals surface area contributed by atoms with Gasteiger partial charge in [-0.3, -0.25) is 14.2 Å². The molecule has 0 bridgehead atoms. The molecule has 1 amide bonds. The lowest BCUT2D eigenvalue weighted by Gasteiger charge is -2.23. The van der Waals surface area contributed by atoms with Crippen molar-refractivity contribution in [1.82, 2.24) is 14.9 Å². The van der Waals surface area contributed by atoms with Crippen LogP contribution >= 0.6 is 27.7 Å². The van der Waals surface area contributed by atoms with Gasteiger partial charge in [0, 0.05) is 27.2 Å². The number of carbonyl (C=O) groups excluding carboxylic acids is 1. The van der Waals surface area contributed by atoms with Crippen LogP contribution in [0.2, 0.25) is 0 Å². The molecule has 2 heterocycles. The van der Waals surface area contributed by atoms with E-state index in [1.165, 1.54) is 18.2 Å². The van der Waals surface area contributed by atoms with Gasteiger partial charge in [0.25, 0.3) is 5.56 Å². The lowest BCUT2D eigenvalue weighted by molar-refractivity contribution is -0.119. The summed E-state index contributed by atoms with van der Waals surface area (Å²) in [5, 5.41) is 3.67. The van der Waals surface area contributed by atoms with Crippen molar-refractivity contribution in [3.63, 3.8) is 0 Å². The number of benzene rings is 2. The van der Waals surface area contributed by atoms with E-state index in [2.05, 4.69) is 47.2 Å². The van der Waals surface area contributed by atoms with E-state index in [1.807, 2.05) is 63.2 Å². The molecule has 42 heavy (non-hydrogen) atoms. The number of furan rings is 1. The Hall–Kier alpha value is -3.10. The number of halogens is 1. The topological polar surface area (TPSA) is 77.1 Å². The summed E-state index contributed by atoms with van der Waals surface area (Å²) in [5.74, 6) is 1.12. The highest BCUT2D eigenvalue weighted by Crippen LogP contribution is 2.35. The Balaban J connectivity index is 0.00000198. The van der Waals surface area contributed by atoms with Crippen molar-refractivity contribution < 1.29 is 9.21 Å². The van der Waals surface area contributed by atoms with E-state index in [-0.39, 0.29) is 29.2 Å². The molecule has 0 spiro atoms. The molecule has 5 rings (SSSR count). The first-order valence-corrected chi connectivity index (χ1v) is 16.6. The Morgan fingerprint density at radius 1 is 1.10 bits per heavy atom. The van der Waals surface area contributed by atoms with Gasteiger partial charge in [-0.2, -0.15) is 0 Å². The third-order valence-electron chi connectivity index (χ3n) is 7.38. The fourth-order valence-electron chi connectivity index (χ4n) is 5.29. The van der Waals surface area contributed by atoms with Crippen molar-refractivity contribution in [2.45, 2.75) is 83.8 Å². The summed E-state index contributed by atoms with van der Waals surface area (Å²) >= 11 is 4.83. The van der Waals surface area contributed by atoms with Crippen LogP contribution in [0, 0.1) is 6.92 Å². The van der Waals surface area contributed by atoms with Gasteiger partial charge in [0.15, 0.2) is 5.16 Å². The Morgan fingerprint density at radius 2 is 1.86 bits per heavy atom. The molecule has 4 aromatic rings. The van der Waals surface area contributed by atoms with Crippen molar-refractivity contribution >= 4 is 33.6 Å². The number of hydrogen-bond acceptors (Lipinski definition) is 5. The van der Waals surface area contributed by atoms with E-state index in [1.54, 1.807) is 10.8 Å². The summed E-state index contributed by atoms with van der Waals surface area (Å²) in [6.45, 7) is 10.1. The van der Waals surface area contributed by atoms with Gasteiger partial charge in [0.05, 0.1) is 23.4 Å². The maximum Gasteiger partial charge on any atom is 0.262 e. The van der Waals surface area contributed by atoms with E-state index in [9.17, 15) is 9.59 Å². The minimum atomic E-state index is -0.156. The summed E-state index contributed by atoms with van der Waals surface area (Å²) in [5.41, 5.74) is 4.63. The number of rotatable bonds is 8. The molecule has 2 aromatic carbocycles. The van der Waals surface area contributed by atoms with Crippen LogP contribution in [0.3, 0.4) is 0 Å². The Morgan fingerprint density at radius 3 is 2.52 bits per heavy atom. The van der Waals surface area contributed by atoms with E-state index in [0.29, 0.717) is 22.1 Å². The predicted molar refractivity (Wildman–Crippen MR) is 177 cm³/mol. The van der Waals surface area contributed by atoms with Gasteiger partial charge in [-0.1, -0.05) is 92.8 Å². The molecule has 0 saturated heterocycles. The molecule has 6 nitrogen and oxygen atoms in total. The smallest absolute Gasteiger partial charge is 0.262 e. The number of nitrogens with zero attached hydrogens (tertiary/aromatic N) is 2. The molecule has 2 aromatic heterocycles. The van der Waals surface area contributed by atoms with Crippen LogP contribution in [0.4, 0.5) is 0 Å². The highest BCUT2D eigenvalue weighted by molar-refractivity contribution is 9.10. The van der Waals surface area contributed by atoms with Gasteiger partial charge in [-0.15, -0.1) is 0 Å². The maximum absolute atomic E-state index is 14.0. The van der Waals surface area contributed by atoms with Crippen molar-refractivity contribution in [3.05, 3.63) is 86.8 Å². The van der Waals surface area contributed by atoms with Crippen LogP contribution in [0.15, 0.2) is 79.7 Å². The monoisotopic (exact) mass is 649 g/mol. The zero-order valence-electron chi connectivity index (χ0n) is 25.1. The molecule has 8 heteroatoms. The fraction of sp³-hybridized carbons (Fsp3) is 0.382.